The molecule has 1 aliphatic rings. The van der Waals surface area contributed by atoms with E-state index in [1.807, 2.05) is 13.8 Å². The maximum atomic E-state index is 13.7. The first-order valence-corrected chi connectivity index (χ1v) is 5.26. The van der Waals surface area contributed by atoms with Crippen molar-refractivity contribution in [1.29, 1.82) is 0 Å². The quantitative estimate of drug-likeness (QED) is 0.672. The zero-order valence-electron chi connectivity index (χ0n) is 9.19. The zero-order valence-corrected chi connectivity index (χ0v) is 9.19. The topological polar surface area (TPSA) is 9.23 Å². The molecule has 4 heteroatoms. The molecule has 1 atom stereocenters. The van der Waals surface area contributed by atoms with Crippen LogP contribution in [0.1, 0.15) is 30.9 Å². The van der Waals surface area contributed by atoms with Crippen LogP contribution < -0.4 is 0 Å². The highest BCUT2D eigenvalue weighted by atomic mass is 19.2. The fraction of sp³-hybridized carbons (Fsp3) is 0.500. The summed E-state index contributed by atoms with van der Waals surface area (Å²) in [6, 6.07) is 1.03. The van der Waals surface area contributed by atoms with E-state index in [0.29, 0.717) is 12.2 Å². The van der Waals surface area contributed by atoms with Crippen LogP contribution in [0.15, 0.2) is 6.07 Å². The highest BCUT2D eigenvalue weighted by Crippen LogP contribution is 2.35. The van der Waals surface area contributed by atoms with E-state index in [1.165, 1.54) is 0 Å². The van der Waals surface area contributed by atoms with Gasteiger partial charge in [0, 0.05) is 11.5 Å². The summed E-state index contributed by atoms with van der Waals surface area (Å²) in [6.45, 7) is 4.31. The summed E-state index contributed by atoms with van der Waals surface area (Å²) in [5.41, 5.74) is 0.696. The molecule has 1 nitrogen and oxygen atoms in total. The van der Waals surface area contributed by atoms with Gasteiger partial charge in [-0.25, -0.2) is 13.2 Å². The van der Waals surface area contributed by atoms with Crippen molar-refractivity contribution in [2.75, 3.05) is 6.61 Å². The summed E-state index contributed by atoms with van der Waals surface area (Å²) in [6.07, 6.45) is 0. The highest BCUT2D eigenvalue weighted by Gasteiger charge is 2.30. The smallest absolute Gasteiger partial charge is 0.194 e. The van der Waals surface area contributed by atoms with Gasteiger partial charge in [0.15, 0.2) is 17.5 Å². The van der Waals surface area contributed by atoms with Gasteiger partial charge >= 0.3 is 0 Å². The van der Waals surface area contributed by atoms with Gasteiger partial charge in [-0.2, -0.15) is 0 Å². The minimum atomic E-state index is -1.38. The van der Waals surface area contributed by atoms with Crippen molar-refractivity contribution >= 4 is 0 Å². The lowest BCUT2D eigenvalue weighted by Crippen LogP contribution is -2.23. The average Bonchev–Trinajstić information content (AvgIpc) is 2.25. The third-order valence-corrected chi connectivity index (χ3v) is 3.02. The second-order valence-corrected chi connectivity index (χ2v) is 4.42. The Labute approximate surface area is 92.2 Å². The van der Waals surface area contributed by atoms with E-state index >= 15 is 0 Å². The number of ether oxygens (including phenoxy) is 1. The van der Waals surface area contributed by atoms with Gasteiger partial charge in [-0.15, -0.1) is 0 Å². The Kier molecular flexibility index (Phi) is 2.93. The number of rotatable bonds is 1. The van der Waals surface area contributed by atoms with E-state index in [0.717, 1.165) is 6.07 Å². The summed E-state index contributed by atoms with van der Waals surface area (Å²) in [5, 5.41) is 0. The summed E-state index contributed by atoms with van der Waals surface area (Å²) >= 11 is 0. The van der Waals surface area contributed by atoms with Crippen molar-refractivity contribution in [2.24, 2.45) is 5.92 Å². The first-order valence-electron chi connectivity index (χ1n) is 5.26. The van der Waals surface area contributed by atoms with Gasteiger partial charge in [0.05, 0.1) is 13.2 Å². The minimum absolute atomic E-state index is 0.124. The van der Waals surface area contributed by atoms with Crippen LogP contribution in [0.4, 0.5) is 13.2 Å². The average molecular weight is 230 g/mol. The van der Waals surface area contributed by atoms with Crippen LogP contribution in [0.25, 0.3) is 0 Å². The Hall–Kier alpha value is -1.03. The molecule has 0 bridgehead atoms. The molecule has 2 rings (SSSR count). The molecule has 0 aromatic heterocycles. The van der Waals surface area contributed by atoms with Gasteiger partial charge in [0.1, 0.15) is 0 Å². The van der Waals surface area contributed by atoms with E-state index in [1.54, 1.807) is 0 Å². The van der Waals surface area contributed by atoms with Gasteiger partial charge in [0.25, 0.3) is 0 Å². The standard InChI is InChI=1S/C12H13F3O/c1-6(2)8-5-16-4-7-3-9(13)11(14)12(15)10(7)8/h3,6,8H,4-5H2,1-2H3/t8-/m1/s1. The summed E-state index contributed by atoms with van der Waals surface area (Å²) < 4.78 is 45.1. The van der Waals surface area contributed by atoms with Crippen LogP contribution in [-0.4, -0.2) is 6.61 Å². The number of hydrogen-bond acceptors (Lipinski definition) is 1. The Balaban J connectivity index is 2.59. The second kappa shape index (κ2) is 4.09. The van der Waals surface area contributed by atoms with Crippen LogP contribution in [0.3, 0.4) is 0 Å². The van der Waals surface area contributed by atoms with Gasteiger partial charge in [-0.1, -0.05) is 13.8 Å². The molecule has 0 unspecified atom stereocenters. The molecule has 0 amide bonds. The Morgan fingerprint density at radius 3 is 2.56 bits per heavy atom. The molecule has 0 saturated heterocycles. The number of benzene rings is 1. The predicted molar refractivity (Wildman–Crippen MR) is 53.6 cm³/mol. The third kappa shape index (κ3) is 1.71. The van der Waals surface area contributed by atoms with Crippen LogP contribution in [0, 0.1) is 23.4 Å². The Morgan fingerprint density at radius 2 is 1.94 bits per heavy atom. The number of hydrogen-bond donors (Lipinski definition) is 0. The van der Waals surface area contributed by atoms with E-state index in [2.05, 4.69) is 0 Å². The summed E-state index contributed by atoms with van der Waals surface area (Å²) in [4.78, 5) is 0. The molecule has 0 N–H and O–H groups in total. The molecule has 0 aliphatic carbocycles. The fourth-order valence-electron chi connectivity index (χ4n) is 2.08. The van der Waals surface area contributed by atoms with Crippen molar-refractivity contribution in [3.05, 3.63) is 34.6 Å². The van der Waals surface area contributed by atoms with Crippen molar-refractivity contribution in [2.45, 2.75) is 26.4 Å². The molecular formula is C12H13F3O. The van der Waals surface area contributed by atoms with Gasteiger partial charge < -0.3 is 4.74 Å². The van der Waals surface area contributed by atoms with Crippen LogP contribution in [0.2, 0.25) is 0 Å². The third-order valence-electron chi connectivity index (χ3n) is 3.02. The van der Waals surface area contributed by atoms with Crippen LogP contribution in [0.5, 0.6) is 0 Å². The monoisotopic (exact) mass is 230 g/mol. The fourth-order valence-corrected chi connectivity index (χ4v) is 2.08. The molecule has 1 aromatic carbocycles. The summed E-state index contributed by atoms with van der Waals surface area (Å²) in [5.74, 6) is -3.68. The minimum Gasteiger partial charge on any atom is -0.376 e. The van der Waals surface area contributed by atoms with Crippen LogP contribution >= 0.6 is 0 Å². The van der Waals surface area contributed by atoms with Crippen molar-refractivity contribution in [1.82, 2.24) is 0 Å². The lowest BCUT2D eigenvalue weighted by atomic mass is 9.84. The van der Waals surface area contributed by atoms with Gasteiger partial charge in [-0.3, -0.25) is 0 Å². The van der Waals surface area contributed by atoms with Gasteiger partial charge in [0.2, 0.25) is 0 Å². The van der Waals surface area contributed by atoms with Crippen molar-refractivity contribution in [3.8, 4) is 0 Å². The molecule has 88 valence electrons. The lowest BCUT2D eigenvalue weighted by molar-refractivity contribution is 0.0763. The lowest BCUT2D eigenvalue weighted by Gasteiger charge is -2.29. The van der Waals surface area contributed by atoms with Crippen LogP contribution in [-0.2, 0) is 11.3 Å². The molecule has 1 aromatic rings. The second-order valence-electron chi connectivity index (χ2n) is 4.42. The van der Waals surface area contributed by atoms with E-state index in [4.69, 9.17) is 4.74 Å². The molecule has 0 saturated carbocycles. The first kappa shape index (κ1) is 11.5. The highest BCUT2D eigenvalue weighted by molar-refractivity contribution is 5.35. The molecule has 1 heterocycles. The largest absolute Gasteiger partial charge is 0.376 e. The Morgan fingerprint density at radius 1 is 1.25 bits per heavy atom. The van der Waals surface area contributed by atoms with E-state index < -0.39 is 17.5 Å². The number of fused-ring (bicyclic) bond motifs is 1. The molecular weight excluding hydrogens is 217 g/mol. The SMILES string of the molecule is CC(C)[C@H]1COCc2cc(F)c(F)c(F)c21. The summed E-state index contributed by atoms with van der Waals surface area (Å²) in [7, 11) is 0. The van der Waals surface area contributed by atoms with E-state index in [-0.39, 0.29) is 24.0 Å². The Bertz CT molecular complexity index is 415. The molecule has 1 aliphatic heterocycles. The van der Waals surface area contributed by atoms with Crippen molar-refractivity contribution < 1.29 is 17.9 Å². The molecule has 0 radical (unpaired) electrons. The molecule has 0 spiro atoms. The first-order chi connectivity index (χ1) is 7.52. The maximum Gasteiger partial charge on any atom is 0.194 e. The van der Waals surface area contributed by atoms with Gasteiger partial charge in [-0.05, 0) is 17.5 Å². The zero-order chi connectivity index (χ0) is 11.9. The van der Waals surface area contributed by atoms with Crippen molar-refractivity contribution in [3.63, 3.8) is 0 Å². The molecule has 16 heavy (non-hydrogen) atoms. The maximum absolute atomic E-state index is 13.7. The predicted octanol–water partition coefficient (Wildman–Crippen LogP) is 3.37. The number of halogens is 3. The normalized spacial score (nSPS) is 20.0. The van der Waals surface area contributed by atoms with E-state index in [9.17, 15) is 13.2 Å². The molecule has 0 fully saturated rings.